The molecule has 0 unspecified atom stereocenters. The smallest absolute Gasteiger partial charge is 0.208 e. The van der Waals surface area contributed by atoms with Gasteiger partial charge in [0, 0.05) is 42.6 Å². The Balaban J connectivity index is 1.64. The van der Waals surface area contributed by atoms with E-state index in [9.17, 15) is 0 Å². The van der Waals surface area contributed by atoms with Crippen LogP contribution in [-0.4, -0.2) is 31.3 Å². The summed E-state index contributed by atoms with van der Waals surface area (Å²) in [5.41, 5.74) is 12.2. The minimum Gasteiger partial charge on any atom is -0.396 e. The summed E-state index contributed by atoms with van der Waals surface area (Å²) in [5, 5.41) is 3.83. The molecule has 0 bridgehead atoms. The molecule has 8 heteroatoms. The van der Waals surface area contributed by atoms with E-state index in [0.29, 0.717) is 22.5 Å². The first-order valence-electron chi connectivity index (χ1n) is 8.01. The molecule has 0 fully saturated rings. The van der Waals surface area contributed by atoms with Crippen LogP contribution >= 0.6 is 11.5 Å². The monoisotopic (exact) mass is 353 g/mol. The zero-order valence-electron chi connectivity index (χ0n) is 14.4. The standard InChI is InChI=1S/C17H19N7S/c1-9-6-20-15(13(18)10(9)2)21-17-22-16(23-25-17)14-12-8-24(3)7-11(12)4-5-19-14/h4-6H,7-8,18H2,1-3H3,(H,20,21,22,23). The molecule has 0 spiro atoms. The van der Waals surface area contributed by atoms with Gasteiger partial charge in [0.1, 0.15) is 5.69 Å². The molecule has 0 atom stereocenters. The average molecular weight is 353 g/mol. The third kappa shape index (κ3) is 2.83. The molecule has 4 heterocycles. The van der Waals surface area contributed by atoms with Crippen LogP contribution in [0.1, 0.15) is 22.3 Å². The average Bonchev–Trinajstić information content (AvgIpc) is 3.20. The molecule has 0 amide bonds. The van der Waals surface area contributed by atoms with Crippen LogP contribution in [0.2, 0.25) is 0 Å². The minimum absolute atomic E-state index is 0.608. The second kappa shape index (κ2) is 6.05. The number of hydrogen-bond acceptors (Lipinski definition) is 8. The zero-order chi connectivity index (χ0) is 17.6. The Kier molecular flexibility index (Phi) is 3.85. The third-order valence-corrected chi connectivity index (χ3v) is 5.15. The molecule has 1 aliphatic heterocycles. The van der Waals surface area contributed by atoms with E-state index in [2.05, 4.69) is 42.7 Å². The van der Waals surface area contributed by atoms with Gasteiger partial charge in [-0.05, 0) is 43.7 Å². The largest absolute Gasteiger partial charge is 0.396 e. The SMILES string of the molecule is Cc1cnc(Nc2nc(-c3nccc4c3CN(C)C4)ns2)c(N)c1C. The fourth-order valence-corrected chi connectivity index (χ4v) is 3.53. The molecule has 1 aliphatic rings. The van der Waals surface area contributed by atoms with Gasteiger partial charge in [-0.3, -0.25) is 9.88 Å². The van der Waals surface area contributed by atoms with Gasteiger partial charge >= 0.3 is 0 Å². The van der Waals surface area contributed by atoms with Gasteiger partial charge in [0.05, 0.1) is 5.69 Å². The number of hydrogen-bond donors (Lipinski definition) is 2. The van der Waals surface area contributed by atoms with E-state index in [4.69, 9.17) is 5.73 Å². The second-order valence-electron chi connectivity index (χ2n) is 6.35. The highest BCUT2D eigenvalue weighted by molar-refractivity contribution is 7.09. The maximum atomic E-state index is 6.15. The molecule has 0 saturated heterocycles. The fraction of sp³-hybridized carbons (Fsp3) is 0.294. The molecule has 0 radical (unpaired) electrons. The fourth-order valence-electron chi connectivity index (χ4n) is 2.96. The number of pyridine rings is 2. The van der Waals surface area contributed by atoms with Crippen LogP contribution in [0.3, 0.4) is 0 Å². The van der Waals surface area contributed by atoms with Crippen molar-refractivity contribution in [2.45, 2.75) is 26.9 Å². The molecule has 7 nitrogen and oxygen atoms in total. The molecule has 3 N–H and O–H groups in total. The Morgan fingerprint density at radius 1 is 1.24 bits per heavy atom. The van der Waals surface area contributed by atoms with Crippen LogP contribution in [0.4, 0.5) is 16.6 Å². The van der Waals surface area contributed by atoms with Gasteiger partial charge in [-0.2, -0.15) is 9.36 Å². The van der Waals surface area contributed by atoms with Crippen LogP contribution in [0.25, 0.3) is 11.5 Å². The van der Waals surface area contributed by atoms with Gasteiger partial charge in [0.2, 0.25) is 5.13 Å². The molecule has 128 valence electrons. The highest BCUT2D eigenvalue weighted by Crippen LogP contribution is 2.31. The normalized spacial score (nSPS) is 13.9. The predicted molar refractivity (Wildman–Crippen MR) is 99.7 cm³/mol. The van der Waals surface area contributed by atoms with Crippen molar-refractivity contribution < 1.29 is 0 Å². The maximum Gasteiger partial charge on any atom is 0.208 e. The Labute approximate surface area is 150 Å². The Morgan fingerprint density at radius 3 is 2.92 bits per heavy atom. The summed E-state index contributed by atoms with van der Waals surface area (Å²) < 4.78 is 4.47. The highest BCUT2D eigenvalue weighted by Gasteiger charge is 2.22. The summed E-state index contributed by atoms with van der Waals surface area (Å²) in [4.78, 5) is 15.7. The number of aromatic nitrogens is 4. The highest BCUT2D eigenvalue weighted by atomic mass is 32.1. The van der Waals surface area contributed by atoms with Gasteiger partial charge in [-0.15, -0.1) is 0 Å². The van der Waals surface area contributed by atoms with E-state index in [1.807, 2.05) is 20.0 Å². The lowest BCUT2D eigenvalue weighted by Gasteiger charge is -2.09. The van der Waals surface area contributed by atoms with Crippen molar-refractivity contribution in [1.82, 2.24) is 24.2 Å². The quantitative estimate of drug-likeness (QED) is 0.748. The number of anilines is 3. The number of rotatable bonds is 3. The first kappa shape index (κ1) is 15.9. The Morgan fingerprint density at radius 2 is 2.08 bits per heavy atom. The second-order valence-corrected chi connectivity index (χ2v) is 7.10. The lowest BCUT2D eigenvalue weighted by Crippen LogP contribution is -2.07. The molecule has 0 saturated carbocycles. The molecule has 3 aromatic heterocycles. The summed E-state index contributed by atoms with van der Waals surface area (Å²) in [5.74, 6) is 1.25. The number of fused-ring (bicyclic) bond motifs is 1. The van der Waals surface area contributed by atoms with Gasteiger partial charge < -0.3 is 11.1 Å². The van der Waals surface area contributed by atoms with Gasteiger partial charge in [0.15, 0.2) is 11.6 Å². The van der Waals surface area contributed by atoms with Gasteiger partial charge in [-0.25, -0.2) is 4.98 Å². The van der Waals surface area contributed by atoms with E-state index >= 15 is 0 Å². The van der Waals surface area contributed by atoms with Crippen LogP contribution in [-0.2, 0) is 13.1 Å². The van der Waals surface area contributed by atoms with Crippen LogP contribution in [0, 0.1) is 13.8 Å². The Bertz CT molecular complexity index is 950. The molecule has 4 rings (SSSR count). The number of nitrogens with two attached hydrogens (primary N) is 1. The first-order valence-corrected chi connectivity index (χ1v) is 8.78. The summed E-state index contributed by atoms with van der Waals surface area (Å²) in [7, 11) is 2.10. The van der Waals surface area contributed by atoms with E-state index in [-0.39, 0.29) is 0 Å². The van der Waals surface area contributed by atoms with E-state index < -0.39 is 0 Å². The van der Waals surface area contributed by atoms with Crippen molar-refractivity contribution in [3.05, 3.63) is 40.7 Å². The van der Waals surface area contributed by atoms with Crippen molar-refractivity contribution in [2.24, 2.45) is 0 Å². The Hall–Kier alpha value is -2.58. The van der Waals surface area contributed by atoms with E-state index in [1.54, 1.807) is 6.20 Å². The van der Waals surface area contributed by atoms with Crippen molar-refractivity contribution in [2.75, 3.05) is 18.1 Å². The van der Waals surface area contributed by atoms with Crippen LogP contribution < -0.4 is 11.1 Å². The van der Waals surface area contributed by atoms with E-state index in [1.165, 1.54) is 22.7 Å². The lowest BCUT2D eigenvalue weighted by molar-refractivity contribution is 0.353. The van der Waals surface area contributed by atoms with Gasteiger partial charge in [0.25, 0.3) is 0 Å². The molecule has 0 aliphatic carbocycles. The molecule has 0 aromatic carbocycles. The van der Waals surface area contributed by atoms with Crippen molar-refractivity contribution in [1.29, 1.82) is 0 Å². The topological polar surface area (TPSA) is 92.9 Å². The lowest BCUT2D eigenvalue weighted by atomic mass is 10.1. The van der Waals surface area contributed by atoms with Crippen LogP contribution in [0.5, 0.6) is 0 Å². The third-order valence-electron chi connectivity index (χ3n) is 4.52. The van der Waals surface area contributed by atoms with Crippen LogP contribution in [0.15, 0.2) is 18.5 Å². The molecule has 25 heavy (non-hydrogen) atoms. The number of aryl methyl sites for hydroxylation is 1. The van der Waals surface area contributed by atoms with Gasteiger partial charge in [-0.1, -0.05) is 0 Å². The summed E-state index contributed by atoms with van der Waals surface area (Å²) in [6.45, 7) is 5.77. The summed E-state index contributed by atoms with van der Waals surface area (Å²) >= 11 is 1.28. The first-order chi connectivity index (χ1) is 12.0. The molecule has 3 aromatic rings. The number of nitrogens with one attached hydrogen (secondary N) is 1. The minimum atomic E-state index is 0.608. The summed E-state index contributed by atoms with van der Waals surface area (Å²) in [6, 6.07) is 2.06. The number of nitrogens with zero attached hydrogens (tertiary/aromatic N) is 5. The van der Waals surface area contributed by atoms with E-state index in [0.717, 1.165) is 29.9 Å². The summed E-state index contributed by atoms with van der Waals surface area (Å²) in [6.07, 6.45) is 3.63. The van der Waals surface area contributed by atoms with Crippen molar-refractivity contribution >= 4 is 28.2 Å². The van der Waals surface area contributed by atoms with Crippen molar-refractivity contribution in [3.63, 3.8) is 0 Å². The zero-order valence-corrected chi connectivity index (χ0v) is 15.2. The number of nitrogen functional groups attached to an aromatic ring is 1. The molecular weight excluding hydrogens is 334 g/mol. The predicted octanol–water partition coefficient (Wildman–Crippen LogP) is 2.88. The molecular formula is C17H19N7S. The van der Waals surface area contributed by atoms with Crippen molar-refractivity contribution in [3.8, 4) is 11.5 Å². The maximum absolute atomic E-state index is 6.15.